The first-order valence-electron chi connectivity index (χ1n) is 6.12. The molecule has 0 aliphatic carbocycles. The molecule has 90 valence electrons. The number of hydrogen-bond donors (Lipinski definition) is 2. The highest BCUT2D eigenvalue weighted by Crippen LogP contribution is 2.15. The quantitative estimate of drug-likeness (QED) is 0.720. The molecule has 2 nitrogen and oxygen atoms in total. The van der Waals surface area contributed by atoms with Crippen LogP contribution < -0.4 is 11.1 Å². The molecule has 1 aromatic carbocycles. The van der Waals surface area contributed by atoms with E-state index in [0.29, 0.717) is 0 Å². The van der Waals surface area contributed by atoms with Crippen LogP contribution in [0.3, 0.4) is 0 Å². The van der Waals surface area contributed by atoms with Crippen molar-refractivity contribution in [2.75, 3.05) is 19.6 Å². The Hall–Kier alpha value is -0.860. The van der Waals surface area contributed by atoms with Crippen LogP contribution >= 0.6 is 0 Å². The Bertz CT molecular complexity index is 332. The number of aryl methyl sites for hydroxylation is 3. The summed E-state index contributed by atoms with van der Waals surface area (Å²) < 4.78 is 0. The first-order valence-corrected chi connectivity index (χ1v) is 6.12. The lowest BCUT2D eigenvalue weighted by Crippen LogP contribution is -2.21. The highest BCUT2D eigenvalue weighted by atomic mass is 14.8. The molecule has 0 atom stereocenters. The van der Waals surface area contributed by atoms with E-state index in [2.05, 4.69) is 38.2 Å². The highest BCUT2D eigenvalue weighted by molar-refractivity contribution is 5.36. The van der Waals surface area contributed by atoms with Gasteiger partial charge < -0.3 is 11.1 Å². The van der Waals surface area contributed by atoms with Gasteiger partial charge in [0.1, 0.15) is 0 Å². The predicted molar refractivity (Wildman–Crippen MR) is 70.9 cm³/mol. The summed E-state index contributed by atoms with van der Waals surface area (Å²) in [4.78, 5) is 0. The molecule has 0 aromatic heterocycles. The summed E-state index contributed by atoms with van der Waals surface area (Å²) in [5, 5.41) is 3.42. The summed E-state index contributed by atoms with van der Waals surface area (Å²) in [7, 11) is 0. The first kappa shape index (κ1) is 13.2. The molecule has 0 amide bonds. The molecule has 0 heterocycles. The van der Waals surface area contributed by atoms with Crippen molar-refractivity contribution >= 4 is 0 Å². The molecule has 1 rings (SSSR count). The summed E-state index contributed by atoms with van der Waals surface area (Å²) in [5.41, 5.74) is 11.1. The molecule has 0 bridgehead atoms. The Morgan fingerprint density at radius 2 is 1.69 bits per heavy atom. The second-order valence-electron chi connectivity index (χ2n) is 4.51. The second kappa shape index (κ2) is 6.66. The highest BCUT2D eigenvalue weighted by Gasteiger charge is 2.01. The van der Waals surface area contributed by atoms with Gasteiger partial charge in [-0.25, -0.2) is 0 Å². The van der Waals surface area contributed by atoms with Crippen LogP contribution in [-0.4, -0.2) is 19.6 Å². The van der Waals surface area contributed by atoms with Crippen LogP contribution in [0.4, 0.5) is 0 Å². The number of benzene rings is 1. The Kier molecular flexibility index (Phi) is 5.50. The fraction of sp³-hybridized carbons (Fsp3) is 0.571. The third kappa shape index (κ3) is 3.95. The van der Waals surface area contributed by atoms with Crippen molar-refractivity contribution < 1.29 is 0 Å². The van der Waals surface area contributed by atoms with Crippen molar-refractivity contribution in [2.45, 2.75) is 33.6 Å². The van der Waals surface area contributed by atoms with Gasteiger partial charge in [0, 0.05) is 0 Å². The molecule has 1 aromatic rings. The molecular formula is C14H24N2. The zero-order valence-corrected chi connectivity index (χ0v) is 10.8. The molecule has 16 heavy (non-hydrogen) atoms. The lowest BCUT2D eigenvalue weighted by Gasteiger charge is -2.10. The van der Waals surface area contributed by atoms with Crippen LogP contribution in [0.15, 0.2) is 12.1 Å². The normalized spacial score (nSPS) is 10.8. The van der Waals surface area contributed by atoms with Gasteiger partial charge in [-0.05, 0) is 75.5 Å². The minimum Gasteiger partial charge on any atom is -0.330 e. The number of rotatable bonds is 6. The van der Waals surface area contributed by atoms with Crippen LogP contribution in [-0.2, 0) is 6.42 Å². The minimum absolute atomic E-state index is 0.773. The molecule has 0 spiro atoms. The summed E-state index contributed by atoms with van der Waals surface area (Å²) in [5.74, 6) is 0. The standard InChI is InChI=1S/C14H24N2/c1-11-9-13(3)14(10-12(11)2)5-8-16-7-4-6-15/h9-10,16H,4-8,15H2,1-3H3. The molecule has 0 unspecified atom stereocenters. The van der Waals surface area contributed by atoms with E-state index in [4.69, 9.17) is 5.73 Å². The maximum absolute atomic E-state index is 5.44. The van der Waals surface area contributed by atoms with E-state index in [9.17, 15) is 0 Å². The summed E-state index contributed by atoms with van der Waals surface area (Å²) in [6.07, 6.45) is 2.17. The minimum atomic E-state index is 0.773. The predicted octanol–water partition coefficient (Wildman–Crippen LogP) is 2.09. The van der Waals surface area contributed by atoms with Gasteiger partial charge in [0.2, 0.25) is 0 Å². The van der Waals surface area contributed by atoms with E-state index in [-0.39, 0.29) is 0 Å². The summed E-state index contributed by atoms with van der Waals surface area (Å²) in [6.45, 7) is 9.40. The lowest BCUT2D eigenvalue weighted by molar-refractivity contribution is 0.652. The Labute approximate surface area is 99.2 Å². The molecule has 0 fully saturated rings. The molecule has 0 radical (unpaired) electrons. The molecule has 2 heteroatoms. The second-order valence-corrected chi connectivity index (χ2v) is 4.51. The number of nitrogens with one attached hydrogen (secondary N) is 1. The van der Waals surface area contributed by atoms with Gasteiger partial charge in [0.15, 0.2) is 0 Å². The average Bonchev–Trinajstić information content (AvgIpc) is 2.25. The van der Waals surface area contributed by atoms with Crippen molar-refractivity contribution in [3.8, 4) is 0 Å². The van der Waals surface area contributed by atoms with Gasteiger partial charge in [0.25, 0.3) is 0 Å². The van der Waals surface area contributed by atoms with Crippen LogP contribution in [0.1, 0.15) is 28.7 Å². The maximum Gasteiger partial charge on any atom is -0.000824 e. The third-order valence-electron chi connectivity index (χ3n) is 3.08. The fourth-order valence-corrected chi connectivity index (χ4v) is 1.86. The maximum atomic E-state index is 5.44. The first-order chi connectivity index (χ1) is 7.65. The van der Waals surface area contributed by atoms with Crippen molar-refractivity contribution in [3.05, 3.63) is 34.4 Å². The van der Waals surface area contributed by atoms with Crippen LogP contribution in [0.5, 0.6) is 0 Å². The zero-order chi connectivity index (χ0) is 12.0. The van der Waals surface area contributed by atoms with Gasteiger partial charge in [-0.3, -0.25) is 0 Å². The monoisotopic (exact) mass is 220 g/mol. The lowest BCUT2D eigenvalue weighted by atomic mass is 9.99. The molecule has 0 saturated carbocycles. The average molecular weight is 220 g/mol. The molecule has 0 aliphatic heterocycles. The SMILES string of the molecule is Cc1cc(C)c(CCNCCCN)cc1C. The van der Waals surface area contributed by atoms with E-state index >= 15 is 0 Å². The van der Waals surface area contributed by atoms with Gasteiger partial charge in [-0.2, -0.15) is 0 Å². The Morgan fingerprint density at radius 3 is 2.38 bits per heavy atom. The molecule has 0 saturated heterocycles. The van der Waals surface area contributed by atoms with E-state index in [1.807, 2.05) is 0 Å². The largest absolute Gasteiger partial charge is 0.330 e. The smallest absolute Gasteiger partial charge is 0.000824 e. The molecule has 0 aliphatic rings. The van der Waals surface area contributed by atoms with Gasteiger partial charge in [-0.15, -0.1) is 0 Å². The summed E-state index contributed by atoms with van der Waals surface area (Å²) in [6, 6.07) is 4.60. The van der Waals surface area contributed by atoms with Gasteiger partial charge >= 0.3 is 0 Å². The van der Waals surface area contributed by atoms with E-state index < -0.39 is 0 Å². The zero-order valence-electron chi connectivity index (χ0n) is 10.8. The Morgan fingerprint density at radius 1 is 1.00 bits per heavy atom. The van der Waals surface area contributed by atoms with Crippen LogP contribution in [0.25, 0.3) is 0 Å². The van der Waals surface area contributed by atoms with Crippen molar-refractivity contribution in [3.63, 3.8) is 0 Å². The molecule has 3 N–H and O–H groups in total. The van der Waals surface area contributed by atoms with Gasteiger partial charge in [-0.1, -0.05) is 12.1 Å². The number of nitrogens with two attached hydrogens (primary N) is 1. The summed E-state index contributed by atoms with van der Waals surface area (Å²) >= 11 is 0. The van der Waals surface area contributed by atoms with E-state index in [1.165, 1.54) is 22.3 Å². The van der Waals surface area contributed by atoms with Crippen LogP contribution in [0, 0.1) is 20.8 Å². The van der Waals surface area contributed by atoms with Gasteiger partial charge in [0.05, 0.1) is 0 Å². The van der Waals surface area contributed by atoms with Crippen molar-refractivity contribution in [1.29, 1.82) is 0 Å². The third-order valence-corrected chi connectivity index (χ3v) is 3.08. The fourth-order valence-electron chi connectivity index (χ4n) is 1.86. The Balaban J connectivity index is 2.45. The van der Waals surface area contributed by atoms with E-state index in [1.54, 1.807) is 0 Å². The molecular weight excluding hydrogens is 196 g/mol. The van der Waals surface area contributed by atoms with Crippen molar-refractivity contribution in [1.82, 2.24) is 5.32 Å². The van der Waals surface area contributed by atoms with Crippen LogP contribution in [0.2, 0.25) is 0 Å². The van der Waals surface area contributed by atoms with E-state index in [0.717, 1.165) is 32.5 Å². The number of hydrogen-bond acceptors (Lipinski definition) is 2. The topological polar surface area (TPSA) is 38.0 Å². The van der Waals surface area contributed by atoms with Crippen molar-refractivity contribution in [2.24, 2.45) is 5.73 Å².